The number of carbonyl (C=O) groups is 1. The fourth-order valence-corrected chi connectivity index (χ4v) is 2.17. The van der Waals surface area contributed by atoms with Gasteiger partial charge in [0.15, 0.2) is 0 Å². The van der Waals surface area contributed by atoms with E-state index in [0.29, 0.717) is 5.16 Å². The fraction of sp³-hybridized carbons (Fsp3) is 0.100. The maximum absolute atomic E-state index is 11.8. The van der Waals surface area contributed by atoms with Crippen molar-refractivity contribution in [3.05, 3.63) is 33.3 Å². The molecule has 1 aromatic heterocycles. The SMILES string of the molecule is Nc1nc(SCC(=O)Nc2ccc(Cl)cc2[N+](=O)[O-])n[nH]1. The van der Waals surface area contributed by atoms with Gasteiger partial charge >= 0.3 is 0 Å². The van der Waals surface area contributed by atoms with Crippen LogP contribution in [0.2, 0.25) is 5.02 Å². The zero-order valence-electron chi connectivity index (χ0n) is 10.4. The lowest BCUT2D eigenvalue weighted by molar-refractivity contribution is -0.383. The highest BCUT2D eigenvalue weighted by Crippen LogP contribution is 2.28. The van der Waals surface area contributed by atoms with Gasteiger partial charge in [-0.1, -0.05) is 23.4 Å². The summed E-state index contributed by atoms with van der Waals surface area (Å²) < 4.78 is 0. The summed E-state index contributed by atoms with van der Waals surface area (Å²) in [6.45, 7) is 0. The number of H-pyrrole nitrogens is 1. The topological polar surface area (TPSA) is 140 Å². The Hall–Kier alpha value is -2.33. The number of thioether (sulfide) groups is 1. The Morgan fingerprint density at radius 2 is 2.33 bits per heavy atom. The molecule has 0 unspecified atom stereocenters. The molecule has 0 radical (unpaired) electrons. The number of nitrogens with zero attached hydrogens (tertiary/aromatic N) is 3. The third kappa shape index (κ3) is 4.07. The van der Waals surface area contributed by atoms with Gasteiger partial charge in [-0.25, -0.2) is 5.10 Å². The molecule has 2 aromatic rings. The summed E-state index contributed by atoms with van der Waals surface area (Å²) in [6.07, 6.45) is 0. The van der Waals surface area contributed by atoms with Crippen molar-refractivity contribution in [3.8, 4) is 0 Å². The molecule has 0 aliphatic heterocycles. The number of rotatable bonds is 5. The molecule has 2 rings (SSSR count). The van der Waals surface area contributed by atoms with Crippen LogP contribution in [0.15, 0.2) is 23.4 Å². The lowest BCUT2D eigenvalue weighted by atomic mass is 10.2. The van der Waals surface area contributed by atoms with Crippen LogP contribution in [0, 0.1) is 10.1 Å². The Balaban J connectivity index is 2.01. The first-order chi connectivity index (χ1) is 9.95. The number of nitro groups is 1. The third-order valence-electron chi connectivity index (χ3n) is 2.25. The monoisotopic (exact) mass is 328 g/mol. The number of carbonyl (C=O) groups excluding carboxylic acids is 1. The molecule has 21 heavy (non-hydrogen) atoms. The van der Waals surface area contributed by atoms with Gasteiger partial charge < -0.3 is 11.1 Å². The second-order valence-electron chi connectivity index (χ2n) is 3.76. The van der Waals surface area contributed by atoms with Gasteiger partial charge in [0, 0.05) is 11.1 Å². The van der Waals surface area contributed by atoms with Gasteiger partial charge in [0.25, 0.3) is 5.69 Å². The van der Waals surface area contributed by atoms with Gasteiger partial charge in [0.2, 0.25) is 17.0 Å². The summed E-state index contributed by atoms with van der Waals surface area (Å²) in [7, 11) is 0. The van der Waals surface area contributed by atoms with E-state index in [1.165, 1.54) is 18.2 Å². The number of nitrogens with two attached hydrogens (primary N) is 1. The van der Waals surface area contributed by atoms with E-state index in [9.17, 15) is 14.9 Å². The van der Waals surface area contributed by atoms with Gasteiger partial charge in [-0.05, 0) is 12.1 Å². The number of nitro benzene ring substituents is 1. The Labute approximate surface area is 127 Å². The average Bonchev–Trinajstić information content (AvgIpc) is 2.84. The summed E-state index contributed by atoms with van der Waals surface area (Å²) in [5.74, 6) is -0.308. The molecule has 1 aromatic carbocycles. The number of amides is 1. The molecule has 110 valence electrons. The first kappa shape index (κ1) is 15.1. The minimum atomic E-state index is -0.620. The molecule has 1 heterocycles. The van der Waals surface area contributed by atoms with Crippen molar-refractivity contribution in [1.29, 1.82) is 0 Å². The van der Waals surface area contributed by atoms with Crippen LogP contribution in [-0.4, -0.2) is 31.8 Å². The van der Waals surface area contributed by atoms with Crippen LogP contribution in [0.5, 0.6) is 0 Å². The van der Waals surface area contributed by atoms with Crippen molar-refractivity contribution in [3.63, 3.8) is 0 Å². The quantitative estimate of drug-likeness (QED) is 0.431. The molecule has 0 saturated heterocycles. The number of hydrogen-bond acceptors (Lipinski definition) is 7. The zero-order valence-corrected chi connectivity index (χ0v) is 11.9. The fourth-order valence-electron chi connectivity index (χ4n) is 1.40. The Bertz CT molecular complexity index is 691. The van der Waals surface area contributed by atoms with E-state index in [-0.39, 0.29) is 28.1 Å². The largest absolute Gasteiger partial charge is 0.368 e. The van der Waals surface area contributed by atoms with Crippen LogP contribution >= 0.6 is 23.4 Å². The molecular formula is C10H9ClN6O3S. The molecule has 1 amide bonds. The number of hydrogen-bond donors (Lipinski definition) is 3. The minimum Gasteiger partial charge on any atom is -0.368 e. The molecule has 0 aliphatic carbocycles. The minimum absolute atomic E-state index is 0.0168. The van der Waals surface area contributed by atoms with E-state index in [1.54, 1.807) is 0 Å². The van der Waals surface area contributed by atoms with Crippen molar-refractivity contribution in [2.75, 3.05) is 16.8 Å². The Morgan fingerprint density at radius 3 is 2.95 bits per heavy atom. The Morgan fingerprint density at radius 1 is 1.57 bits per heavy atom. The molecule has 0 atom stereocenters. The van der Waals surface area contributed by atoms with Crippen molar-refractivity contribution < 1.29 is 9.72 Å². The number of nitrogen functional groups attached to an aromatic ring is 1. The summed E-state index contributed by atoms with van der Waals surface area (Å²) in [5.41, 5.74) is 5.14. The van der Waals surface area contributed by atoms with E-state index in [0.717, 1.165) is 11.8 Å². The van der Waals surface area contributed by atoms with Gasteiger partial charge in [-0.15, -0.1) is 5.10 Å². The molecule has 11 heteroatoms. The van der Waals surface area contributed by atoms with Crippen molar-refractivity contribution in [2.24, 2.45) is 0 Å². The number of aromatic amines is 1. The molecule has 0 saturated carbocycles. The number of benzene rings is 1. The molecular weight excluding hydrogens is 320 g/mol. The van der Waals surface area contributed by atoms with Gasteiger partial charge in [-0.3, -0.25) is 14.9 Å². The smallest absolute Gasteiger partial charge is 0.294 e. The van der Waals surface area contributed by atoms with Crippen LogP contribution < -0.4 is 11.1 Å². The van der Waals surface area contributed by atoms with Gasteiger partial charge in [-0.2, -0.15) is 4.98 Å². The summed E-state index contributed by atoms with van der Waals surface area (Å²) in [5, 5.41) is 20.0. The van der Waals surface area contributed by atoms with E-state index in [4.69, 9.17) is 17.3 Å². The van der Waals surface area contributed by atoms with Gasteiger partial charge in [0.1, 0.15) is 5.69 Å². The molecule has 0 fully saturated rings. The predicted molar refractivity (Wildman–Crippen MR) is 78.3 cm³/mol. The molecule has 9 nitrogen and oxygen atoms in total. The number of halogens is 1. The number of nitrogens with one attached hydrogen (secondary N) is 2. The van der Waals surface area contributed by atoms with E-state index < -0.39 is 10.8 Å². The number of anilines is 2. The zero-order chi connectivity index (χ0) is 15.4. The maximum Gasteiger partial charge on any atom is 0.294 e. The van der Waals surface area contributed by atoms with Crippen LogP contribution in [0.4, 0.5) is 17.3 Å². The number of aromatic nitrogens is 3. The second kappa shape index (κ2) is 6.41. The lowest BCUT2D eigenvalue weighted by Crippen LogP contribution is -2.15. The van der Waals surface area contributed by atoms with E-state index >= 15 is 0 Å². The second-order valence-corrected chi connectivity index (χ2v) is 5.14. The highest BCUT2D eigenvalue weighted by atomic mass is 35.5. The van der Waals surface area contributed by atoms with Crippen molar-refractivity contribution >= 4 is 46.6 Å². The van der Waals surface area contributed by atoms with Crippen LogP contribution in [0.3, 0.4) is 0 Å². The first-order valence-electron chi connectivity index (χ1n) is 5.50. The molecule has 0 aliphatic rings. The van der Waals surface area contributed by atoms with Crippen LogP contribution in [-0.2, 0) is 4.79 Å². The Kier molecular flexibility index (Phi) is 4.60. The average molecular weight is 329 g/mol. The summed E-state index contributed by atoms with van der Waals surface area (Å²) in [4.78, 5) is 25.9. The molecule has 4 N–H and O–H groups in total. The maximum atomic E-state index is 11.8. The summed E-state index contributed by atoms with van der Waals surface area (Å²) >= 11 is 6.73. The van der Waals surface area contributed by atoms with Crippen LogP contribution in [0.25, 0.3) is 0 Å². The third-order valence-corrected chi connectivity index (χ3v) is 3.33. The van der Waals surface area contributed by atoms with Crippen LogP contribution in [0.1, 0.15) is 0 Å². The standard InChI is InChI=1S/C10H9ClN6O3S/c11-5-1-2-6(7(3-5)17(19)20)13-8(18)4-21-10-14-9(12)15-16-10/h1-3H,4H2,(H,13,18)(H3,12,14,15,16). The highest BCUT2D eigenvalue weighted by Gasteiger charge is 2.16. The van der Waals surface area contributed by atoms with Gasteiger partial charge in [0.05, 0.1) is 10.7 Å². The predicted octanol–water partition coefficient (Wildman–Crippen LogP) is 1.68. The van der Waals surface area contributed by atoms with Crippen molar-refractivity contribution in [2.45, 2.75) is 5.16 Å². The lowest BCUT2D eigenvalue weighted by Gasteiger charge is -2.05. The van der Waals surface area contributed by atoms with Crippen molar-refractivity contribution in [1.82, 2.24) is 15.2 Å². The molecule has 0 spiro atoms. The highest BCUT2D eigenvalue weighted by molar-refractivity contribution is 7.99. The molecule has 0 bridgehead atoms. The van der Waals surface area contributed by atoms with E-state index in [1.807, 2.05) is 0 Å². The first-order valence-corrected chi connectivity index (χ1v) is 6.86. The summed E-state index contributed by atoms with van der Waals surface area (Å²) in [6, 6.07) is 3.99. The normalized spacial score (nSPS) is 10.3. The van der Waals surface area contributed by atoms with E-state index in [2.05, 4.69) is 20.5 Å².